The summed E-state index contributed by atoms with van der Waals surface area (Å²) in [6.45, 7) is 7.99. The summed E-state index contributed by atoms with van der Waals surface area (Å²) in [4.78, 5) is 6.89. The van der Waals surface area contributed by atoms with Crippen LogP contribution in [-0.4, -0.2) is 18.1 Å². The summed E-state index contributed by atoms with van der Waals surface area (Å²) >= 11 is 0. The first-order valence-corrected chi connectivity index (χ1v) is 7.28. The molecule has 0 aliphatic carbocycles. The molecule has 0 radical (unpaired) electrons. The van der Waals surface area contributed by atoms with Gasteiger partial charge < -0.3 is 10.2 Å². The van der Waals surface area contributed by atoms with Gasteiger partial charge in [0.05, 0.1) is 12.2 Å². The molecule has 0 spiro atoms. The van der Waals surface area contributed by atoms with Crippen LogP contribution in [0.2, 0.25) is 0 Å². The Bertz CT molecular complexity index is 493. The van der Waals surface area contributed by atoms with Gasteiger partial charge in [-0.2, -0.15) is 0 Å². The maximum Gasteiger partial charge on any atom is 0.0601 e. The quantitative estimate of drug-likeness (QED) is 0.836. The van der Waals surface area contributed by atoms with E-state index in [2.05, 4.69) is 65.4 Å². The zero-order chi connectivity index (χ0) is 14.2. The van der Waals surface area contributed by atoms with E-state index in [0.717, 1.165) is 31.9 Å². The zero-order valence-corrected chi connectivity index (χ0v) is 12.3. The Labute approximate surface area is 121 Å². The highest BCUT2D eigenvalue weighted by Crippen LogP contribution is 2.15. The van der Waals surface area contributed by atoms with Gasteiger partial charge in [-0.25, -0.2) is 0 Å². The minimum Gasteiger partial charge on any atom is -0.366 e. The van der Waals surface area contributed by atoms with Gasteiger partial charge in [-0.1, -0.05) is 31.2 Å². The van der Waals surface area contributed by atoms with Crippen LogP contribution in [-0.2, 0) is 13.1 Å². The summed E-state index contributed by atoms with van der Waals surface area (Å²) in [5.41, 5.74) is 3.59. The van der Waals surface area contributed by atoms with E-state index in [4.69, 9.17) is 0 Å². The third-order valence-corrected chi connectivity index (χ3v) is 3.32. The number of pyridine rings is 1. The second kappa shape index (κ2) is 7.65. The van der Waals surface area contributed by atoms with Crippen LogP contribution in [0.25, 0.3) is 0 Å². The highest BCUT2D eigenvalue weighted by molar-refractivity contribution is 5.46. The van der Waals surface area contributed by atoms with Crippen LogP contribution in [0, 0.1) is 0 Å². The normalized spacial score (nSPS) is 10.5. The Morgan fingerprint density at radius 3 is 2.45 bits per heavy atom. The maximum absolute atomic E-state index is 4.56. The molecule has 1 aromatic heterocycles. The number of benzene rings is 1. The van der Waals surface area contributed by atoms with Crippen LogP contribution in [0.5, 0.6) is 0 Å². The number of hydrogen-bond donors (Lipinski definition) is 1. The summed E-state index contributed by atoms with van der Waals surface area (Å²) in [6, 6.07) is 14.8. The fourth-order valence-corrected chi connectivity index (χ4v) is 2.14. The molecule has 2 aromatic rings. The molecule has 0 aliphatic rings. The average molecular weight is 269 g/mol. The molecular formula is C17H23N3. The van der Waals surface area contributed by atoms with Crippen molar-refractivity contribution in [1.82, 2.24) is 10.3 Å². The van der Waals surface area contributed by atoms with Crippen LogP contribution in [0.3, 0.4) is 0 Å². The second-order valence-electron chi connectivity index (χ2n) is 4.79. The number of nitrogens with zero attached hydrogens (tertiary/aromatic N) is 2. The summed E-state index contributed by atoms with van der Waals surface area (Å²) in [6.07, 6.45) is 1.97. The van der Waals surface area contributed by atoms with Gasteiger partial charge in [0.1, 0.15) is 0 Å². The molecule has 0 saturated heterocycles. The minimum absolute atomic E-state index is 0.849. The lowest BCUT2D eigenvalue weighted by atomic mass is 10.2. The van der Waals surface area contributed by atoms with Gasteiger partial charge in [0, 0.05) is 25.0 Å². The topological polar surface area (TPSA) is 28.2 Å². The van der Waals surface area contributed by atoms with Gasteiger partial charge in [-0.3, -0.25) is 4.98 Å². The maximum atomic E-state index is 4.56. The number of para-hydroxylation sites is 1. The largest absolute Gasteiger partial charge is 0.366 e. The van der Waals surface area contributed by atoms with Crippen molar-refractivity contribution in [3.8, 4) is 0 Å². The van der Waals surface area contributed by atoms with Crippen molar-refractivity contribution in [1.29, 1.82) is 0 Å². The van der Waals surface area contributed by atoms with Gasteiger partial charge in [0.2, 0.25) is 0 Å². The lowest BCUT2D eigenvalue weighted by Gasteiger charge is -2.22. The number of hydrogen-bond acceptors (Lipinski definition) is 3. The fourth-order valence-electron chi connectivity index (χ4n) is 2.14. The van der Waals surface area contributed by atoms with E-state index in [9.17, 15) is 0 Å². The number of rotatable bonds is 7. The summed E-state index contributed by atoms with van der Waals surface area (Å²) in [5.74, 6) is 0. The van der Waals surface area contributed by atoms with Gasteiger partial charge in [0.15, 0.2) is 0 Å². The number of aromatic nitrogens is 1. The monoisotopic (exact) mass is 269 g/mol. The van der Waals surface area contributed by atoms with Crippen LogP contribution >= 0.6 is 0 Å². The summed E-state index contributed by atoms with van der Waals surface area (Å²) < 4.78 is 0. The standard InChI is InChI=1S/C17H23N3/c1-3-18-12-15-10-11-16(19-13-15)14-20(4-2)17-8-6-5-7-9-17/h5-11,13,18H,3-4,12,14H2,1-2H3. The molecule has 0 aliphatic heterocycles. The first kappa shape index (κ1) is 14.5. The second-order valence-corrected chi connectivity index (χ2v) is 4.79. The third-order valence-electron chi connectivity index (χ3n) is 3.32. The van der Waals surface area contributed by atoms with E-state index in [0.29, 0.717) is 0 Å². The van der Waals surface area contributed by atoms with E-state index in [1.807, 2.05) is 12.3 Å². The molecule has 3 heteroatoms. The van der Waals surface area contributed by atoms with Crippen molar-refractivity contribution in [3.05, 3.63) is 59.9 Å². The van der Waals surface area contributed by atoms with E-state index in [1.165, 1.54) is 11.3 Å². The SMILES string of the molecule is CCNCc1ccc(CN(CC)c2ccccc2)nc1. The van der Waals surface area contributed by atoms with Crippen molar-refractivity contribution >= 4 is 5.69 Å². The van der Waals surface area contributed by atoms with Gasteiger partial charge >= 0.3 is 0 Å². The van der Waals surface area contributed by atoms with Crippen molar-refractivity contribution in [2.75, 3.05) is 18.0 Å². The molecule has 3 nitrogen and oxygen atoms in total. The van der Waals surface area contributed by atoms with Crippen molar-refractivity contribution in [3.63, 3.8) is 0 Å². The fraction of sp³-hybridized carbons (Fsp3) is 0.353. The lowest BCUT2D eigenvalue weighted by molar-refractivity contribution is 0.722. The van der Waals surface area contributed by atoms with Crippen LogP contribution in [0.4, 0.5) is 5.69 Å². The Balaban J connectivity index is 2.01. The first-order chi connectivity index (χ1) is 9.83. The summed E-state index contributed by atoms with van der Waals surface area (Å²) in [7, 11) is 0. The summed E-state index contributed by atoms with van der Waals surface area (Å²) in [5, 5.41) is 3.31. The van der Waals surface area contributed by atoms with E-state index >= 15 is 0 Å². The predicted octanol–water partition coefficient (Wildman–Crippen LogP) is 3.22. The molecule has 2 rings (SSSR count). The van der Waals surface area contributed by atoms with Crippen LogP contribution < -0.4 is 10.2 Å². The van der Waals surface area contributed by atoms with Crippen LogP contribution in [0.15, 0.2) is 48.7 Å². The molecule has 0 unspecified atom stereocenters. The Kier molecular flexibility index (Phi) is 5.56. The molecule has 0 atom stereocenters. The molecule has 1 aromatic carbocycles. The van der Waals surface area contributed by atoms with Gasteiger partial charge in [-0.05, 0) is 37.2 Å². The van der Waals surface area contributed by atoms with Gasteiger partial charge in [0.25, 0.3) is 0 Å². The molecule has 0 saturated carbocycles. The Morgan fingerprint density at radius 1 is 1.05 bits per heavy atom. The Morgan fingerprint density at radius 2 is 1.85 bits per heavy atom. The van der Waals surface area contributed by atoms with Gasteiger partial charge in [-0.15, -0.1) is 0 Å². The highest BCUT2D eigenvalue weighted by atomic mass is 15.1. The van der Waals surface area contributed by atoms with E-state index in [-0.39, 0.29) is 0 Å². The smallest absolute Gasteiger partial charge is 0.0601 e. The Hall–Kier alpha value is -1.87. The molecule has 20 heavy (non-hydrogen) atoms. The number of nitrogens with one attached hydrogen (secondary N) is 1. The van der Waals surface area contributed by atoms with E-state index in [1.54, 1.807) is 0 Å². The van der Waals surface area contributed by atoms with Crippen molar-refractivity contribution in [2.45, 2.75) is 26.9 Å². The number of anilines is 1. The predicted molar refractivity (Wildman–Crippen MR) is 84.8 cm³/mol. The molecule has 1 heterocycles. The molecule has 0 bridgehead atoms. The van der Waals surface area contributed by atoms with E-state index < -0.39 is 0 Å². The molecule has 0 amide bonds. The average Bonchev–Trinajstić information content (AvgIpc) is 2.52. The lowest BCUT2D eigenvalue weighted by Crippen LogP contribution is -2.22. The minimum atomic E-state index is 0.849. The molecule has 106 valence electrons. The third kappa shape index (κ3) is 4.07. The molecule has 1 N–H and O–H groups in total. The van der Waals surface area contributed by atoms with Crippen molar-refractivity contribution < 1.29 is 0 Å². The molecular weight excluding hydrogens is 246 g/mol. The van der Waals surface area contributed by atoms with Crippen molar-refractivity contribution in [2.24, 2.45) is 0 Å². The highest BCUT2D eigenvalue weighted by Gasteiger charge is 2.05. The zero-order valence-electron chi connectivity index (χ0n) is 12.3. The molecule has 0 fully saturated rings. The first-order valence-electron chi connectivity index (χ1n) is 7.28. The van der Waals surface area contributed by atoms with Crippen LogP contribution in [0.1, 0.15) is 25.1 Å².